The van der Waals surface area contributed by atoms with E-state index in [2.05, 4.69) is 11.8 Å². The lowest BCUT2D eigenvalue weighted by Crippen LogP contribution is -2.54. The number of carbonyl (C=O) groups excluding carboxylic acids is 2. The lowest BCUT2D eigenvalue weighted by Gasteiger charge is -2.37. The highest BCUT2D eigenvalue weighted by atomic mass is 32.1. The minimum atomic E-state index is -1.15. The molecule has 7 nitrogen and oxygen atoms in total. The molecular weight excluding hydrogens is 416 g/mol. The van der Waals surface area contributed by atoms with Crippen molar-refractivity contribution >= 4 is 34.8 Å². The summed E-state index contributed by atoms with van der Waals surface area (Å²) in [4.78, 5) is 41.3. The Kier molecular flexibility index (Phi) is 9.27. The van der Waals surface area contributed by atoms with E-state index in [0.29, 0.717) is 31.0 Å². The average Bonchev–Trinajstić information content (AvgIpc) is 3.07. The fourth-order valence-corrected chi connectivity index (χ4v) is 4.12. The molecule has 0 aromatic carbocycles. The molecule has 8 heteroatoms. The van der Waals surface area contributed by atoms with E-state index in [1.807, 2.05) is 34.6 Å². The van der Waals surface area contributed by atoms with Crippen molar-refractivity contribution in [2.24, 2.45) is 5.41 Å². The largest absolute Gasteiger partial charge is 0.477 e. The summed E-state index contributed by atoms with van der Waals surface area (Å²) in [6, 6.07) is 0.815. The highest BCUT2D eigenvalue weighted by molar-refractivity contribution is 7.15. The molecule has 1 saturated heterocycles. The normalized spacial score (nSPS) is 17.1. The zero-order chi connectivity index (χ0) is 22.6. The van der Waals surface area contributed by atoms with Gasteiger partial charge >= 0.3 is 5.97 Å². The maximum Gasteiger partial charge on any atom is 0.348 e. The fourth-order valence-electron chi connectivity index (χ4n) is 3.28. The second-order valence-electron chi connectivity index (χ2n) is 8.41. The SMILES string of the molecule is C.CC[C@@H](C(=O)N1CCOC(C)C1)N(C(C)=O)c1cc(C#CC(C)(C)C)sc1C(=O)O. The first-order valence-electron chi connectivity index (χ1n) is 10.0. The lowest BCUT2D eigenvalue weighted by molar-refractivity contribution is -0.140. The molecule has 1 aliphatic heterocycles. The Morgan fingerprint density at radius 3 is 2.52 bits per heavy atom. The summed E-state index contributed by atoms with van der Waals surface area (Å²) in [6.07, 6.45) is 0.281. The average molecular weight is 451 g/mol. The van der Waals surface area contributed by atoms with Gasteiger partial charge in [0.2, 0.25) is 11.8 Å². The number of carboxylic acid groups (broad SMARTS) is 1. The van der Waals surface area contributed by atoms with Crippen LogP contribution in [0, 0.1) is 17.3 Å². The topological polar surface area (TPSA) is 87.2 Å². The van der Waals surface area contributed by atoms with Gasteiger partial charge in [-0.1, -0.05) is 26.2 Å². The summed E-state index contributed by atoms with van der Waals surface area (Å²) in [7, 11) is 0. The van der Waals surface area contributed by atoms with E-state index in [-0.39, 0.29) is 41.3 Å². The van der Waals surface area contributed by atoms with Crippen molar-refractivity contribution < 1.29 is 24.2 Å². The number of thiophene rings is 1. The van der Waals surface area contributed by atoms with E-state index < -0.39 is 12.0 Å². The number of aromatic carboxylic acids is 1. The van der Waals surface area contributed by atoms with Gasteiger partial charge in [-0.15, -0.1) is 11.3 Å². The number of anilines is 1. The number of nitrogens with zero attached hydrogens (tertiary/aromatic N) is 2. The molecule has 2 rings (SSSR count). The quantitative estimate of drug-likeness (QED) is 0.689. The van der Waals surface area contributed by atoms with E-state index in [1.54, 1.807) is 11.0 Å². The van der Waals surface area contributed by atoms with Crippen LogP contribution in [0.5, 0.6) is 0 Å². The van der Waals surface area contributed by atoms with Gasteiger partial charge in [-0.2, -0.15) is 0 Å². The number of carbonyl (C=O) groups is 3. The van der Waals surface area contributed by atoms with Gasteiger partial charge in [0, 0.05) is 25.4 Å². The van der Waals surface area contributed by atoms with Crippen molar-refractivity contribution in [3.05, 3.63) is 15.8 Å². The number of ether oxygens (including phenoxy) is 1. The molecule has 1 aliphatic rings. The van der Waals surface area contributed by atoms with Crippen molar-refractivity contribution in [1.29, 1.82) is 0 Å². The van der Waals surface area contributed by atoms with Crippen LogP contribution >= 0.6 is 11.3 Å². The fraction of sp³-hybridized carbons (Fsp3) is 0.609. The van der Waals surface area contributed by atoms with Crippen molar-refractivity contribution in [3.63, 3.8) is 0 Å². The molecule has 0 bridgehead atoms. The zero-order valence-corrected chi connectivity index (χ0v) is 19.3. The van der Waals surface area contributed by atoms with Crippen LogP contribution in [0.15, 0.2) is 6.07 Å². The Bertz CT molecular complexity index is 875. The number of carboxylic acids is 1. The first kappa shape index (κ1) is 26.7. The van der Waals surface area contributed by atoms with Gasteiger partial charge in [0.1, 0.15) is 10.9 Å². The predicted molar refractivity (Wildman–Crippen MR) is 124 cm³/mol. The third-order valence-electron chi connectivity index (χ3n) is 4.60. The van der Waals surface area contributed by atoms with E-state index in [0.717, 1.165) is 11.3 Å². The van der Waals surface area contributed by atoms with Crippen LogP contribution in [0.25, 0.3) is 0 Å². The van der Waals surface area contributed by atoms with E-state index in [4.69, 9.17) is 4.74 Å². The lowest BCUT2D eigenvalue weighted by atomic mass is 9.98. The van der Waals surface area contributed by atoms with Gasteiger partial charge in [0.25, 0.3) is 0 Å². The van der Waals surface area contributed by atoms with Crippen LogP contribution < -0.4 is 4.90 Å². The summed E-state index contributed by atoms with van der Waals surface area (Å²) in [5.74, 6) is 4.36. The molecule has 0 radical (unpaired) electrons. The minimum absolute atomic E-state index is 0. The van der Waals surface area contributed by atoms with Gasteiger partial charge in [0.05, 0.1) is 23.3 Å². The number of rotatable bonds is 5. The second-order valence-corrected chi connectivity index (χ2v) is 9.46. The molecule has 1 aromatic heterocycles. The molecular formula is C23H34N2O5S. The molecule has 1 aromatic rings. The van der Waals surface area contributed by atoms with Crippen molar-refractivity contribution in [2.45, 2.75) is 67.5 Å². The molecule has 2 amide bonds. The van der Waals surface area contributed by atoms with Crippen LogP contribution in [0.2, 0.25) is 0 Å². The van der Waals surface area contributed by atoms with Crippen LogP contribution in [0.4, 0.5) is 5.69 Å². The molecule has 0 saturated carbocycles. The molecule has 0 aliphatic carbocycles. The Morgan fingerprint density at radius 1 is 1.39 bits per heavy atom. The maximum absolute atomic E-state index is 13.2. The van der Waals surface area contributed by atoms with Gasteiger partial charge < -0.3 is 14.7 Å². The standard InChI is InChI=1S/C22H30N2O5S.CH4/c1-7-17(20(26)23-10-11-29-14(2)13-23)24(15(3)25)18-12-16(8-9-22(4,5)6)30-19(18)21(27)28;/h12,14,17H,7,10-11,13H2,1-6H3,(H,27,28);1H4/t14?,17-;/m0./s1. The number of morpholine rings is 1. The molecule has 2 atom stereocenters. The molecule has 1 N–H and O–H groups in total. The second kappa shape index (κ2) is 10.8. The predicted octanol–water partition coefficient (Wildman–Crippen LogP) is 3.86. The Balaban J connectivity index is 0.00000480. The van der Waals surface area contributed by atoms with Gasteiger partial charge in [-0.05, 0) is 40.2 Å². The van der Waals surface area contributed by atoms with Crippen LogP contribution in [0.3, 0.4) is 0 Å². The molecule has 1 unspecified atom stereocenters. The van der Waals surface area contributed by atoms with Gasteiger partial charge in [-0.3, -0.25) is 14.5 Å². The molecule has 0 spiro atoms. The third-order valence-corrected chi connectivity index (χ3v) is 5.63. The highest BCUT2D eigenvalue weighted by Crippen LogP contribution is 2.33. The Hall–Kier alpha value is -2.37. The number of amides is 2. The van der Waals surface area contributed by atoms with E-state index in [9.17, 15) is 19.5 Å². The van der Waals surface area contributed by atoms with Crippen molar-refractivity contribution in [1.82, 2.24) is 4.90 Å². The summed E-state index contributed by atoms with van der Waals surface area (Å²) in [6.45, 7) is 12.3. The zero-order valence-electron chi connectivity index (χ0n) is 18.4. The van der Waals surface area contributed by atoms with Gasteiger partial charge in [-0.25, -0.2) is 4.79 Å². The summed E-state index contributed by atoms with van der Waals surface area (Å²) < 4.78 is 5.51. The Morgan fingerprint density at radius 2 is 2.03 bits per heavy atom. The number of hydrogen-bond acceptors (Lipinski definition) is 5. The Labute approximate surface area is 189 Å². The van der Waals surface area contributed by atoms with Gasteiger partial charge in [0.15, 0.2) is 0 Å². The van der Waals surface area contributed by atoms with E-state index >= 15 is 0 Å². The first-order valence-corrected chi connectivity index (χ1v) is 10.9. The number of hydrogen-bond donors (Lipinski definition) is 1. The monoisotopic (exact) mass is 450 g/mol. The third kappa shape index (κ3) is 6.81. The highest BCUT2D eigenvalue weighted by Gasteiger charge is 2.35. The van der Waals surface area contributed by atoms with E-state index in [1.165, 1.54) is 11.8 Å². The molecule has 31 heavy (non-hydrogen) atoms. The maximum atomic E-state index is 13.2. The summed E-state index contributed by atoms with van der Waals surface area (Å²) >= 11 is 1.02. The molecule has 172 valence electrons. The molecule has 2 heterocycles. The molecule has 1 fully saturated rings. The minimum Gasteiger partial charge on any atom is -0.477 e. The van der Waals surface area contributed by atoms with Crippen molar-refractivity contribution in [2.75, 3.05) is 24.6 Å². The van der Waals surface area contributed by atoms with Crippen LogP contribution in [-0.2, 0) is 14.3 Å². The smallest absolute Gasteiger partial charge is 0.348 e. The first-order chi connectivity index (χ1) is 13.9. The summed E-state index contributed by atoms with van der Waals surface area (Å²) in [5, 5.41) is 9.73. The van der Waals surface area contributed by atoms with Crippen LogP contribution in [-0.4, -0.2) is 59.6 Å². The van der Waals surface area contributed by atoms with Crippen molar-refractivity contribution in [3.8, 4) is 11.8 Å². The summed E-state index contributed by atoms with van der Waals surface area (Å²) in [5.41, 5.74) is -0.0253. The van der Waals surface area contributed by atoms with Crippen LogP contribution in [0.1, 0.15) is 69.9 Å².